The number of benzene rings is 1. The maximum Gasteiger partial charge on any atom is 0.193 e. The first kappa shape index (κ1) is 18.1. The number of aryl methyl sites for hydroxylation is 1. The van der Waals surface area contributed by atoms with Crippen molar-refractivity contribution in [2.45, 2.75) is 32.9 Å². The van der Waals surface area contributed by atoms with Crippen LogP contribution in [0.2, 0.25) is 0 Å². The van der Waals surface area contributed by atoms with Crippen LogP contribution < -0.4 is 5.43 Å². The van der Waals surface area contributed by atoms with Crippen LogP contribution in [0.1, 0.15) is 30.5 Å². The van der Waals surface area contributed by atoms with Crippen molar-refractivity contribution in [3.05, 3.63) is 76.3 Å². The van der Waals surface area contributed by atoms with Gasteiger partial charge in [-0.25, -0.2) is 4.98 Å². The quantitative estimate of drug-likeness (QED) is 0.572. The zero-order valence-corrected chi connectivity index (χ0v) is 16.9. The van der Waals surface area contributed by atoms with Crippen LogP contribution in [0, 0.1) is 12.8 Å². The highest BCUT2D eigenvalue weighted by molar-refractivity contribution is 6.02. The standard InChI is InChI=1S/C24H26N4O/c1-16-9-11-27(14-18-6-4-3-5-7-18)15-21(16)28-13-17(2)23(29)20-12-26-24-19(22(20)28)8-10-25-24/h3-8,10,12-13,16,21H,9,11,14-15H2,1-2H3,(H,25,26). The molecule has 2 unspecified atom stereocenters. The SMILES string of the molecule is Cc1cn(C2CN(Cc3ccccc3)CCC2C)c2c(cnc3[nH]ccc32)c1=O. The second kappa shape index (κ2) is 7.16. The average Bonchev–Trinajstić information content (AvgIpc) is 3.22. The van der Waals surface area contributed by atoms with E-state index in [9.17, 15) is 4.79 Å². The van der Waals surface area contributed by atoms with Gasteiger partial charge in [0, 0.05) is 48.7 Å². The molecular formula is C24H26N4O. The summed E-state index contributed by atoms with van der Waals surface area (Å²) in [5.41, 5.74) is 4.04. The molecule has 1 fully saturated rings. The summed E-state index contributed by atoms with van der Waals surface area (Å²) in [5.74, 6) is 0.536. The molecular weight excluding hydrogens is 360 g/mol. The highest BCUT2D eigenvalue weighted by atomic mass is 16.1. The van der Waals surface area contributed by atoms with E-state index in [0.717, 1.165) is 48.2 Å². The Morgan fingerprint density at radius 3 is 2.83 bits per heavy atom. The van der Waals surface area contributed by atoms with Gasteiger partial charge in [-0.05, 0) is 37.4 Å². The van der Waals surface area contributed by atoms with Crippen LogP contribution >= 0.6 is 0 Å². The van der Waals surface area contributed by atoms with E-state index in [4.69, 9.17) is 0 Å². The maximum absolute atomic E-state index is 12.8. The van der Waals surface area contributed by atoms with Crippen molar-refractivity contribution >= 4 is 21.9 Å². The minimum Gasteiger partial charge on any atom is -0.346 e. The third-order valence-electron chi connectivity index (χ3n) is 6.36. The lowest BCUT2D eigenvalue weighted by atomic mass is 9.92. The van der Waals surface area contributed by atoms with E-state index in [1.165, 1.54) is 5.56 Å². The van der Waals surface area contributed by atoms with Gasteiger partial charge in [-0.1, -0.05) is 37.3 Å². The highest BCUT2D eigenvalue weighted by Crippen LogP contribution is 2.33. The van der Waals surface area contributed by atoms with E-state index < -0.39 is 0 Å². The number of aromatic amines is 1. The fourth-order valence-corrected chi connectivity index (χ4v) is 4.71. The molecule has 0 radical (unpaired) electrons. The molecule has 5 heteroatoms. The number of H-pyrrole nitrogens is 1. The summed E-state index contributed by atoms with van der Waals surface area (Å²) in [5, 5.41) is 1.73. The third-order valence-corrected chi connectivity index (χ3v) is 6.36. The number of likely N-dealkylation sites (tertiary alicyclic amines) is 1. The molecule has 5 rings (SSSR count). The minimum atomic E-state index is 0.0801. The number of rotatable bonds is 3. The maximum atomic E-state index is 12.8. The summed E-state index contributed by atoms with van der Waals surface area (Å²) in [6.07, 6.45) is 6.84. The first-order valence-electron chi connectivity index (χ1n) is 10.4. The summed E-state index contributed by atoms with van der Waals surface area (Å²) in [6, 6.07) is 13.0. The first-order chi connectivity index (χ1) is 14.1. The van der Waals surface area contributed by atoms with Crippen LogP contribution in [-0.4, -0.2) is 32.5 Å². The Morgan fingerprint density at radius 1 is 1.17 bits per heavy atom. The lowest BCUT2D eigenvalue weighted by Crippen LogP contribution is -2.40. The molecule has 0 amide bonds. The second-order valence-corrected chi connectivity index (χ2v) is 8.36. The molecule has 148 valence electrons. The van der Waals surface area contributed by atoms with Gasteiger partial charge in [0.25, 0.3) is 0 Å². The van der Waals surface area contributed by atoms with E-state index in [0.29, 0.717) is 17.3 Å². The molecule has 0 bridgehead atoms. The van der Waals surface area contributed by atoms with Crippen LogP contribution in [-0.2, 0) is 6.54 Å². The van der Waals surface area contributed by atoms with Crippen molar-refractivity contribution < 1.29 is 0 Å². The van der Waals surface area contributed by atoms with Crippen LogP contribution in [0.3, 0.4) is 0 Å². The third kappa shape index (κ3) is 3.15. The van der Waals surface area contributed by atoms with E-state index >= 15 is 0 Å². The topological polar surface area (TPSA) is 53.9 Å². The van der Waals surface area contributed by atoms with E-state index in [1.807, 2.05) is 19.2 Å². The van der Waals surface area contributed by atoms with Gasteiger partial charge in [0.05, 0.1) is 10.9 Å². The van der Waals surface area contributed by atoms with Crippen LogP contribution in [0.4, 0.5) is 0 Å². The zero-order chi connectivity index (χ0) is 20.0. The van der Waals surface area contributed by atoms with Gasteiger partial charge < -0.3 is 9.55 Å². The summed E-state index contributed by atoms with van der Waals surface area (Å²) in [6.45, 7) is 7.28. The lowest BCUT2D eigenvalue weighted by Gasteiger charge is -2.39. The number of pyridine rings is 2. The molecule has 0 aliphatic carbocycles. The van der Waals surface area contributed by atoms with Gasteiger partial charge in [0.2, 0.25) is 0 Å². The summed E-state index contributed by atoms with van der Waals surface area (Å²) >= 11 is 0. The number of hydrogen-bond donors (Lipinski definition) is 1. The predicted molar refractivity (Wildman–Crippen MR) is 117 cm³/mol. The minimum absolute atomic E-state index is 0.0801. The van der Waals surface area contributed by atoms with Crippen LogP contribution in [0.15, 0.2) is 59.8 Å². The normalized spacial score (nSPS) is 20.5. The lowest BCUT2D eigenvalue weighted by molar-refractivity contribution is 0.128. The first-order valence-corrected chi connectivity index (χ1v) is 10.4. The average molecular weight is 386 g/mol. The molecule has 3 aromatic heterocycles. The van der Waals surface area contributed by atoms with Crippen LogP contribution in [0.25, 0.3) is 21.9 Å². The number of aromatic nitrogens is 3. The number of fused-ring (bicyclic) bond motifs is 3. The van der Waals surface area contributed by atoms with Gasteiger partial charge >= 0.3 is 0 Å². The molecule has 0 saturated carbocycles. The predicted octanol–water partition coefficient (Wildman–Crippen LogP) is 4.27. The molecule has 1 saturated heterocycles. The molecule has 4 aromatic rings. The van der Waals surface area contributed by atoms with E-state index in [-0.39, 0.29) is 5.43 Å². The van der Waals surface area contributed by atoms with E-state index in [1.54, 1.807) is 6.20 Å². The van der Waals surface area contributed by atoms with Gasteiger partial charge in [0.1, 0.15) is 5.65 Å². The smallest absolute Gasteiger partial charge is 0.193 e. The summed E-state index contributed by atoms with van der Waals surface area (Å²) in [7, 11) is 0. The summed E-state index contributed by atoms with van der Waals surface area (Å²) in [4.78, 5) is 23.0. The Balaban J connectivity index is 1.61. The molecule has 4 heterocycles. The van der Waals surface area contributed by atoms with Crippen LogP contribution in [0.5, 0.6) is 0 Å². The molecule has 5 nitrogen and oxygen atoms in total. The van der Waals surface area contributed by atoms with Crippen molar-refractivity contribution in [3.63, 3.8) is 0 Å². The Labute approximate surface area is 170 Å². The number of hydrogen-bond acceptors (Lipinski definition) is 3. The van der Waals surface area contributed by atoms with Crippen molar-refractivity contribution in [1.29, 1.82) is 0 Å². The second-order valence-electron chi connectivity index (χ2n) is 8.36. The molecule has 1 aliphatic heterocycles. The molecule has 0 spiro atoms. The van der Waals surface area contributed by atoms with Crippen molar-refractivity contribution in [1.82, 2.24) is 19.4 Å². The van der Waals surface area contributed by atoms with Gasteiger partial charge in [0.15, 0.2) is 5.43 Å². The Bertz CT molecular complexity index is 1220. The largest absolute Gasteiger partial charge is 0.346 e. The highest BCUT2D eigenvalue weighted by Gasteiger charge is 2.29. The van der Waals surface area contributed by atoms with Crippen molar-refractivity contribution in [2.24, 2.45) is 5.92 Å². The number of nitrogens with zero attached hydrogens (tertiary/aromatic N) is 3. The van der Waals surface area contributed by atoms with Crippen molar-refractivity contribution in [3.8, 4) is 0 Å². The van der Waals surface area contributed by atoms with Gasteiger partial charge in [-0.2, -0.15) is 0 Å². The fraction of sp³-hybridized carbons (Fsp3) is 0.333. The van der Waals surface area contributed by atoms with Crippen molar-refractivity contribution in [2.75, 3.05) is 13.1 Å². The Morgan fingerprint density at radius 2 is 2.00 bits per heavy atom. The molecule has 1 aromatic carbocycles. The number of nitrogens with one attached hydrogen (secondary N) is 1. The number of piperidine rings is 1. The Kier molecular flexibility index (Phi) is 4.47. The summed E-state index contributed by atoms with van der Waals surface area (Å²) < 4.78 is 2.35. The van der Waals surface area contributed by atoms with E-state index in [2.05, 4.69) is 62.9 Å². The molecule has 2 atom stereocenters. The monoisotopic (exact) mass is 386 g/mol. The molecule has 29 heavy (non-hydrogen) atoms. The van der Waals surface area contributed by atoms with Gasteiger partial charge in [-0.15, -0.1) is 0 Å². The fourth-order valence-electron chi connectivity index (χ4n) is 4.71. The molecule has 1 N–H and O–H groups in total. The van der Waals surface area contributed by atoms with Gasteiger partial charge in [-0.3, -0.25) is 9.69 Å². The zero-order valence-electron chi connectivity index (χ0n) is 16.9. The molecule has 1 aliphatic rings. The Hall–Kier alpha value is -2.92.